The zero-order chi connectivity index (χ0) is 12.0. The standard InChI is InChI=1S/C12H14N4/c1-10(15)11-4-2-3-5-12(11)16(8-6-13)9-7-14/h2-5,10H,8-9,15H2,1H3/t10-/m1/s1. The van der Waals surface area contributed by atoms with Gasteiger partial charge in [-0.15, -0.1) is 0 Å². The Labute approximate surface area is 95.5 Å². The molecule has 0 heterocycles. The van der Waals surface area contributed by atoms with Crippen LogP contribution >= 0.6 is 0 Å². The molecule has 16 heavy (non-hydrogen) atoms. The lowest BCUT2D eigenvalue weighted by atomic mass is 10.1. The molecule has 0 spiro atoms. The van der Waals surface area contributed by atoms with Gasteiger partial charge in [-0.3, -0.25) is 0 Å². The first-order valence-electron chi connectivity index (χ1n) is 5.04. The third kappa shape index (κ3) is 2.73. The van der Waals surface area contributed by atoms with E-state index in [1.165, 1.54) is 0 Å². The highest BCUT2D eigenvalue weighted by molar-refractivity contribution is 5.56. The monoisotopic (exact) mass is 214 g/mol. The Hall–Kier alpha value is -2.04. The van der Waals surface area contributed by atoms with Gasteiger partial charge in [0.2, 0.25) is 0 Å². The van der Waals surface area contributed by atoms with Crippen molar-refractivity contribution in [3.05, 3.63) is 29.8 Å². The molecule has 1 aromatic carbocycles. The summed E-state index contributed by atoms with van der Waals surface area (Å²) in [7, 11) is 0. The molecular weight excluding hydrogens is 200 g/mol. The molecule has 0 fully saturated rings. The van der Waals surface area contributed by atoms with Crippen LogP contribution in [0.15, 0.2) is 24.3 Å². The van der Waals surface area contributed by atoms with Gasteiger partial charge in [-0.2, -0.15) is 10.5 Å². The molecule has 0 saturated heterocycles. The molecule has 0 bridgehead atoms. The van der Waals surface area contributed by atoms with Gasteiger partial charge in [0, 0.05) is 11.7 Å². The summed E-state index contributed by atoms with van der Waals surface area (Å²) in [5.41, 5.74) is 7.67. The predicted octanol–water partition coefficient (Wildman–Crippen LogP) is 1.56. The first kappa shape index (κ1) is 12.0. The van der Waals surface area contributed by atoms with E-state index in [0.29, 0.717) is 0 Å². The van der Waals surface area contributed by atoms with Crippen molar-refractivity contribution in [3.63, 3.8) is 0 Å². The van der Waals surface area contributed by atoms with E-state index in [-0.39, 0.29) is 19.1 Å². The molecule has 0 aliphatic rings. The molecule has 4 heteroatoms. The van der Waals surface area contributed by atoms with Crippen molar-refractivity contribution in [2.24, 2.45) is 5.73 Å². The van der Waals surface area contributed by atoms with Crippen LogP contribution in [0.3, 0.4) is 0 Å². The van der Waals surface area contributed by atoms with Crippen LogP contribution in [0.5, 0.6) is 0 Å². The number of hydrogen-bond acceptors (Lipinski definition) is 4. The van der Waals surface area contributed by atoms with Crippen molar-refractivity contribution >= 4 is 5.69 Å². The maximum atomic E-state index is 8.72. The van der Waals surface area contributed by atoms with Gasteiger partial charge in [-0.1, -0.05) is 18.2 Å². The Morgan fingerprint density at radius 2 is 1.81 bits per heavy atom. The van der Waals surface area contributed by atoms with Crippen LogP contribution in [0.2, 0.25) is 0 Å². The summed E-state index contributed by atoms with van der Waals surface area (Å²) in [4.78, 5) is 1.72. The summed E-state index contributed by atoms with van der Waals surface area (Å²) in [6, 6.07) is 11.6. The van der Waals surface area contributed by atoms with Gasteiger partial charge < -0.3 is 10.6 Å². The second kappa shape index (κ2) is 5.75. The van der Waals surface area contributed by atoms with Crippen LogP contribution in [0.1, 0.15) is 18.5 Å². The molecule has 4 nitrogen and oxygen atoms in total. The number of rotatable bonds is 4. The van der Waals surface area contributed by atoms with Crippen molar-refractivity contribution in [1.29, 1.82) is 10.5 Å². The SMILES string of the molecule is C[C@@H](N)c1ccccc1N(CC#N)CC#N. The number of nitrogens with two attached hydrogens (primary N) is 1. The van der Waals surface area contributed by atoms with Crippen molar-refractivity contribution in [3.8, 4) is 12.1 Å². The molecule has 0 saturated carbocycles. The Kier molecular flexibility index (Phi) is 4.32. The van der Waals surface area contributed by atoms with Crippen LogP contribution in [-0.4, -0.2) is 13.1 Å². The average molecular weight is 214 g/mol. The van der Waals surface area contributed by atoms with Gasteiger partial charge in [0.05, 0.1) is 12.1 Å². The zero-order valence-electron chi connectivity index (χ0n) is 9.22. The molecule has 0 amide bonds. The van der Waals surface area contributed by atoms with Crippen LogP contribution in [-0.2, 0) is 0 Å². The van der Waals surface area contributed by atoms with E-state index >= 15 is 0 Å². The van der Waals surface area contributed by atoms with Crippen molar-refractivity contribution in [2.45, 2.75) is 13.0 Å². The summed E-state index contributed by atoms with van der Waals surface area (Å²) in [5, 5.41) is 17.4. The topological polar surface area (TPSA) is 76.8 Å². The smallest absolute Gasteiger partial charge is 0.106 e. The highest BCUT2D eigenvalue weighted by atomic mass is 15.1. The fraction of sp³-hybridized carbons (Fsp3) is 0.333. The Bertz CT molecular complexity index is 409. The highest BCUT2D eigenvalue weighted by Crippen LogP contribution is 2.24. The van der Waals surface area contributed by atoms with Crippen LogP contribution in [0, 0.1) is 22.7 Å². The maximum absolute atomic E-state index is 8.72. The second-order valence-electron chi connectivity index (χ2n) is 3.52. The maximum Gasteiger partial charge on any atom is 0.106 e. The fourth-order valence-corrected chi connectivity index (χ4v) is 1.56. The molecule has 0 radical (unpaired) electrons. The highest BCUT2D eigenvalue weighted by Gasteiger charge is 2.12. The molecular formula is C12H14N4. The Balaban J connectivity index is 3.09. The summed E-state index contributed by atoms with van der Waals surface area (Å²) < 4.78 is 0. The largest absolute Gasteiger partial charge is 0.345 e. The normalized spacial score (nSPS) is 11.2. The quantitative estimate of drug-likeness (QED) is 0.771. The second-order valence-corrected chi connectivity index (χ2v) is 3.52. The van der Waals surface area contributed by atoms with E-state index in [1.54, 1.807) is 4.90 Å². The molecule has 2 N–H and O–H groups in total. The first-order valence-corrected chi connectivity index (χ1v) is 5.04. The third-order valence-corrected chi connectivity index (χ3v) is 2.29. The zero-order valence-corrected chi connectivity index (χ0v) is 9.22. The minimum atomic E-state index is -0.115. The van der Waals surface area contributed by atoms with E-state index in [1.807, 2.05) is 31.2 Å². The van der Waals surface area contributed by atoms with Gasteiger partial charge in [0.1, 0.15) is 13.1 Å². The number of hydrogen-bond donors (Lipinski definition) is 1. The number of nitriles is 2. The third-order valence-electron chi connectivity index (χ3n) is 2.29. The van der Waals surface area contributed by atoms with Crippen LogP contribution < -0.4 is 10.6 Å². The Morgan fingerprint density at radius 1 is 1.25 bits per heavy atom. The van der Waals surface area contributed by atoms with Crippen molar-refractivity contribution in [1.82, 2.24) is 0 Å². The van der Waals surface area contributed by atoms with Gasteiger partial charge >= 0.3 is 0 Å². The van der Waals surface area contributed by atoms with E-state index in [2.05, 4.69) is 12.1 Å². The van der Waals surface area contributed by atoms with Gasteiger partial charge in [-0.25, -0.2) is 0 Å². The van der Waals surface area contributed by atoms with E-state index in [0.717, 1.165) is 11.3 Å². The average Bonchev–Trinajstić information content (AvgIpc) is 2.29. The minimum Gasteiger partial charge on any atom is -0.345 e. The summed E-state index contributed by atoms with van der Waals surface area (Å²) in [6.07, 6.45) is 0. The van der Waals surface area contributed by atoms with Crippen LogP contribution in [0.4, 0.5) is 5.69 Å². The summed E-state index contributed by atoms with van der Waals surface area (Å²) in [5.74, 6) is 0. The summed E-state index contributed by atoms with van der Waals surface area (Å²) in [6.45, 7) is 2.27. The molecule has 1 atom stereocenters. The lowest BCUT2D eigenvalue weighted by molar-refractivity contribution is 0.805. The number of para-hydroxylation sites is 1. The number of anilines is 1. The predicted molar refractivity (Wildman–Crippen MR) is 62.5 cm³/mol. The molecule has 1 aromatic rings. The molecule has 0 aliphatic carbocycles. The number of nitrogens with zero attached hydrogens (tertiary/aromatic N) is 3. The van der Waals surface area contributed by atoms with Crippen molar-refractivity contribution < 1.29 is 0 Å². The molecule has 1 rings (SSSR count). The van der Waals surface area contributed by atoms with E-state index in [9.17, 15) is 0 Å². The molecule has 0 aromatic heterocycles. The lowest BCUT2D eigenvalue weighted by Gasteiger charge is -2.23. The van der Waals surface area contributed by atoms with E-state index < -0.39 is 0 Å². The molecule has 82 valence electrons. The van der Waals surface area contributed by atoms with Crippen molar-refractivity contribution in [2.75, 3.05) is 18.0 Å². The minimum absolute atomic E-state index is 0.115. The number of benzene rings is 1. The molecule has 0 aliphatic heterocycles. The summed E-state index contributed by atoms with van der Waals surface area (Å²) >= 11 is 0. The fourth-order valence-electron chi connectivity index (χ4n) is 1.56. The molecule has 0 unspecified atom stereocenters. The van der Waals surface area contributed by atoms with Crippen LogP contribution in [0.25, 0.3) is 0 Å². The van der Waals surface area contributed by atoms with Gasteiger partial charge in [0.15, 0.2) is 0 Å². The first-order chi connectivity index (χ1) is 7.70. The van der Waals surface area contributed by atoms with E-state index in [4.69, 9.17) is 16.3 Å². The Morgan fingerprint density at radius 3 is 2.31 bits per heavy atom. The van der Waals surface area contributed by atoms with Gasteiger partial charge in [-0.05, 0) is 18.6 Å². The van der Waals surface area contributed by atoms with Gasteiger partial charge in [0.25, 0.3) is 0 Å². The lowest BCUT2D eigenvalue weighted by Crippen LogP contribution is -2.26.